The Bertz CT molecular complexity index is 936. The van der Waals surface area contributed by atoms with E-state index in [4.69, 9.17) is 10.8 Å². The van der Waals surface area contributed by atoms with E-state index in [1.807, 2.05) is 24.3 Å². The molecule has 6 heteroatoms. The van der Waals surface area contributed by atoms with Crippen LogP contribution in [0.3, 0.4) is 0 Å². The molecule has 0 aliphatic rings. The molecule has 3 aromatic rings. The van der Waals surface area contributed by atoms with Gasteiger partial charge in [-0.2, -0.15) is 0 Å². The number of fused-ring (bicyclic) bond motifs is 1. The van der Waals surface area contributed by atoms with Crippen LogP contribution < -0.4 is 5.73 Å². The van der Waals surface area contributed by atoms with Gasteiger partial charge in [-0.15, -0.1) is 10.2 Å². The molecule has 114 valence electrons. The molecule has 0 aliphatic heterocycles. The largest absolute Gasteiger partial charge is 0.505 e. The summed E-state index contributed by atoms with van der Waals surface area (Å²) in [5.74, 6) is -1.64. The van der Waals surface area contributed by atoms with Gasteiger partial charge in [0, 0.05) is 16.5 Å². The van der Waals surface area contributed by atoms with Gasteiger partial charge in [0.2, 0.25) is 0 Å². The molecule has 0 fully saturated rings. The number of carboxylic acid groups (broad SMARTS) is 1. The predicted molar refractivity (Wildman–Crippen MR) is 87.6 cm³/mol. The highest BCUT2D eigenvalue weighted by atomic mass is 16.4. The van der Waals surface area contributed by atoms with Crippen molar-refractivity contribution in [1.29, 1.82) is 0 Å². The first-order valence-electron chi connectivity index (χ1n) is 6.82. The van der Waals surface area contributed by atoms with E-state index >= 15 is 0 Å². The van der Waals surface area contributed by atoms with E-state index < -0.39 is 11.7 Å². The van der Waals surface area contributed by atoms with E-state index in [-0.39, 0.29) is 11.3 Å². The molecule has 0 atom stereocenters. The summed E-state index contributed by atoms with van der Waals surface area (Å²) in [6.45, 7) is 0. The van der Waals surface area contributed by atoms with Gasteiger partial charge >= 0.3 is 5.97 Å². The van der Waals surface area contributed by atoms with Crippen molar-refractivity contribution in [3.63, 3.8) is 0 Å². The van der Waals surface area contributed by atoms with Crippen molar-refractivity contribution in [3.8, 4) is 5.75 Å². The van der Waals surface area contributed by atoms with Gasteiger partial charge in [0.05, 0.1) is 5.69 Å². The molecular formula is C17H13N3O3. The number of nitrogens with zero attached hydrogens (tertiary/aromatic N) is 2. The van der Waals surface area contributed by atoms with Crippen LogP contribution in [-0.2, 0) is 0 Å². The number of para-hydroxylation sites is 1. The molecule has 3 aromatic carbocycles. The van der Waals surface area contributed by atoms with Crippen molar-refractivity contribution in [2.45, 2.75) is 0 Å². The lowest BCUT2D eigenvalue weighted by Gasteiger charge is -2.05. The van der Waals surface area contributed by atoms with Crippen LogP contribution in [0.4, 0.5) is 17.1 Å². The highest BCUT2D eigenvalue weighted by molar-refractivity contribution is 6.00. The summed E-state index contributed by atoms with van der Waals surface area (Å²) in [4.78, 5) is 11.0. The second-order valence-electron chi connectivity index (χ2n) is 4.90. The number of rotatable bonds is 3. The van der Waals surface area contributed by atoms with Crippen LogP contribution in [0, 0.1) is 0 Å². The van der Waals surface area contributed by atoms with E-state index in [2.05, 4.69) is 10.2 Å². The average Bonchev–Trinajstić information content (AvgIpc) is 2.55. The molecule has 0 aromatic heterocycles. The van der Waals surface area contributed by atoms with Crippen molar-refractivity contribution in [3.05, 3.63) is 60.2 Å². The number of nitrogens with two attached hydrogens (primary N) is 1. The lowest BCUT2D eigenvalue weighted by molar-refractivity contribution is 0.0694. The lowest BCUT2D eigenvalue weighted by atomic mass is 10.1. The standard InChI is InChI=1S/C17H13N3O3/c18-13-8-9-14(11-5-2-1-4-10(11)13)19-20-15-7-3-6-12(16(15)21)17(22)23/h1-9,21H,18H2,(H,22,23). The molecule has 23 heavy (non-hydrogen) atoms. The highest BCUT2D eigenvalue weighted by Gasteiger charge is 2.12. The number of aromatic hydroxyl groups is 1. The first-order chi connectivity index (χ1) is 11.1. The van der Waals surface area contributed by atoms with Gasteiger partial charge < -0.3 is 15.9 Å². The molecule has 4 N–H and O–H groups in total. The molecule has 0 unspecified atom stereocenters. The van der Waals surface area contributed by atoms with Crippen LogP contribution in [0.2, 0.25) is 0 Å². The van der Waals surface area contributed by atoms with Crippen LogP contribution in [0.25, 0.3) is 10.8 Å². The first kappa shape index (κ1) is 14.5. The van der Waals surface area contributed by atoms with Crippen molar-refractivity contribution in [2.75, 3.05) is 5.73 Å². The van der Waals surface area contributed by atoms with Gasteiger partial charge in [0.25, 0.3) is 0 Å². The fraction of sp³-hybridized carbons (Fsp3) is 0. The number of anilines is 1. The summed E-state index contributed by atoms with van der Waals surface area (Å²) < 4.78 is 0. The number of carbonyl (C=O) groups is 1. The van der Waals surface area contributed by atoms with Crippen molar-refractivity contribution >= 4 is 33.8 Å². The van der Waals surface area contributed by atoms with Crippen LogP contribution >= 0.6 is 0 Å². The summed E-state index contributed by atoms with van der Waals surface area (Å²) in [5, 5.41) is 28.7. The van der Waals surface area contributed by atoms with E-state index in [0.717, 1.165) is 10.8 Å². The summed E-state index contributed by atoms with van der Waals surface area (Å²) in [6, 6.07) is 15.2. The van der Waals surface area contributed by atoms with Crippen molar-refractivity contribution in [1.82, 2.24) is 0 Å². The third kappa shape index (κ3) is 2.69. The topological polar surface area (TPSA) is 108 Å². The molecule has 0 amide bonds. The molecule has 3 rings (SSSR count). The maximum absolute atomic E-state index is 11.0. The Morgan fingerprint density at radius 1 is 0.870 bits per heavy atom. The molecule has 0 saturated carbocycles. The maximum Gasteiger partial charge on any atom is 0.339 e. The van der Waals surface area contributed by atoms with Crippen LogP contribution in [0.5, 0.6) is 5.75 Å². The maximum atomic E-state index is 11.0. The van der Waals surface area contributed by atoms with Crippen molar-refractivity contribution in [2.24, 2.45) is 10.2 Å². The number of carboxylic acids is 1. The van der Waals surface area contributed by atoms with Gasteiger partial charge in [-0.25, -0.2) is 4.79 Å². The Kier molecular flexibility index (Phi) is 3.64. The monoisotopic (exact) mass is 307 g/mol. The zero-order valence-corrected chi connectivity index (χ0v) is 12.0. The normalized spacial score (nSPS) is 11.1. The number of phenols is 1. The molecule has 0 aliphatic carbocycles. The average molecular weight is 307 g/mol. The summed E-state index contributed by atoms with van der Waals surface area (Å²) in [7, 11) is 0. The molecule has 0 heterocycles. The van der Waals surface area contributed by atoms with E-state index in [9.17, 15) is 9.90 Å². The minimum atomic E-state index is -1.22. The summed E-state index contributed by atoms with van der Waals surface area (Å²) in [6.07, 6.45) is 0. The summed E-state index contributed by atoms with van der Waals surface area (Å²) >= 11 is 0. The van der Waals surface area contributed by atoms with Crippen LogP contribution in [0.15, 0.2) is 64.8 Å². The SMILES string of the molecule is Nc1ccc(N=Nc2cccc(C(=O)O)c2O)c2ccccc12. The van der Waals surface area contributed by atoms with Gasteiger partial charge in [0.15, 0.2) is 5.75 Å². The third-order valence-corrected chi connectivity index (χ3v) is 3.45. The minimum absolute atomic E-state index is 0.0887. The number of hydrogen-bond donors (Lipinski definition) is 3. The number of hydrogen-bond acceptors (Lipinski definition) is 5. The van der Waals surface area contributed by atoms with E-state index in [0.29, 0.717) is 11.4 Å². The Morgan fingerprint density at radius 2 is 1.57 bits per heavy atom. The number of nitrogen functional groups attached to an aromatic ring is 1. The molecule has 0 radical (unpaired) electrons. The minimum Gasteiger partial charge on any atom is -0.505 e. The Labute approximate surface area is 131 Å². The second-order valence-corrected chi connectivity index (χ2v) is 4.90. The number of aromatic carboxylic acids is 1. The molecule has 0 spiro atoms. The smallest absolute Gasteiger partial charge is 0.339 e. The van der Waals surface area contributed by atoms with Gasteiger partial charge in [0.1, 0.15) is 11.3 Å². The number of benzene rings is 3. The molecule has 0 saturated heterocycles. The third-order valence-electron chi connectivity index (χ3n) is 3.45. The molecular weight excluding hydrogens is 294 g/mol. The zero-order valence-electron chi connectivity index (χ0n) is 12.0. The van der Waals surface area contributed by atoms with Gasteiger partial charge in [-0.1, -0.05) is 30.3 Å². The first-order valence-corrected chi connectivity index (χ1v) is 6.82. The molecule has 0 bridgehead atoms. The number of azo groups is 1. The Balaban J connectivity index is 2.07. The highest BCUT2D eigenvalue weighted by Crippen LogP contribution is 2.34. The van der Waals surface area contributed by atoms with Crippen molar-refractivity contribution < 1.29 is 15.0 Å². The van der Waals surface area contributed by atoms with Crippen LogP contribution in [-0.4, -0.2) is 16.2 Å². The molecule has 6 nitrogen and oxygen atoms in total. The second kappa shape index (κ2) is 5.76. The van der Waals surface area contributed by atoms with E-state index in [1.54, 1.807) is 12.1 Å². The Hall–Kier alpha value is -3.41. The fourth-order valence-electron chi connectivity index (χ4n) is 2.29. The zero-order chi connectivity index (χ0) is 16.4. The summed E-state index contributed by atoms with van der Waals surface area (Å²) in [5.41, 5.74) is 7.02. The van der Waals surface area contributed by atoms with Gasteiger partial charge in [-0.05, 0) is 24.3 Å². The van der Waals surface area contributed by atoms with Gasteiger partial charge in [-0.3, -0.25) is 0 Å². The quantitative estimate of drug-likeness (QED) is 0.496. The van der Waals surface area contributed by atoms with E-state index in [1.165, 1.54) is 18.2 Å². The van der Waals surface area contributed by atoms with Crippen LogP contribution in [0.1, 0.15) is 10.4 Å². The lowest BCUT2D eigenvalue weighted by Crippen LogP contribution is -1.95. The predicted octanol–water partition coefficient (Wildman–Crippen LogP) is 4.24. The Morgan fingerprint density at radius 3 is 2.30 bits per heavy atom. The fourth-order valence-corrected chi connectivity index (χ4v) is 2.29.